The molecule has 0 fully saturated rings. The zero-order valence-electron chi connectivity index (χ0n) is 9.48. The summed E-state index contributed by atoms with van der Waals surface area (Å²) in [5.74, 6) is -0.0156. The first kappa shape index (κ1) is 12.2. The first-order chi connectivity index (χ1) is 8.18. The van der Waals surface area contributed by atoms with Gasteiger partial charge in [0, 0.05) is 22.6 Å². The molecule has 1 aromatic carbocycles. The molecule has 1 nitrogen and oxygen atoms in total. The average molecular weight is 294 g/mol. The van der Waals surface area contributed by atoms with Crippen molar-refractivity contribution in [2.45, 2.75) is 17.7 Å². The first-order valence-electron chi connectivity index (χ1n) is 5.49. The van der Waals surface area contributed by atoms with Crippen molar-refractivity contribution in [2.75, 3.05) is 0 Å². The summed E-state index contributed by atoms with van der Waals surface area (Å²) in [4.78, 5) is 4.39. The van der Waals surface area contributed by atoms with Gasteiger partial charge >= 0.3 is 0 Å². The minimum Gasteiger partial charge on any atom is -0.261 e. The van der Waals surface area contributed by atoms with Gasteiger partial charge in [0.05, 0.1) is 0 Å². The van der Waals surface area contributed by atoms with Crippen LogP contribution in [-0.2, 0) is 0 Å². The standard InChI is InChI=1S/C14H13BrFN/c1-10(13-7-2-3-8-17-13)14(15)11-5-4-6-12(16)9-11/h2-10,14H,1H3. The Balaban J connectivity index is 2.23. The fourth-order valence-corrected chi connectivity index (χ4v) is 2.32. The van der Waals surface area contributed by atoms with E-state index < -0.39 is 0 Å². The number of hydrogen-bond acceptors (Lipinski definition) is 1. The molecule has 0 saturated heterocycles. The Labute approximate surface area is 109 Å². The molecule has 1 heterocycles. The quantitative estimate of drug-likeness (QED) is 0.762. The van der Waals surface area contributed by atoms with E-state index in [0.29, 0.717) is 0 Å². The summed E-state index contributed by atoms with van der Waals surface area (Å²) in [6, 6.07) is 12.5. The molecular weight excluding hydrogens is 281 g/mol. The van der Waals surface area contributed by atoms with E-state index in [-0.39, 0.29) is 16.6 Å². The largest absolute Gasteiger partial charge is 0.261 e. The van der Waals surface area contributed by atoms with Gasteiger partial charge in [-0.2, -0.15) is 0 Å². The number of alkyl halides is 1. The highest BCUT2D eigenvalue weighted by molar-refractivity contribution is 9.09. The number of benzene rings is 1. The molecule has 2 rings (SSSR count). The lowest BCUT2D eigenvalue weighted by Crippen LogP contribution is -2.04. The van der Waals surface area contributed by atoms with E-state index in [1.54, 1.807) is 18.3 Å². The highest BCUT2D eigenvalue weighted by Crippen LogP contribution is 2.36. The monoisotopic (exact) mass is 293 g/mol. The van der Waals surface area contributed by atoms with Crippen LogP contribution in [0.4, 0.5) is 4.39 Å². The second-order valence-corrected chi connectivity index (χ2v) is 4.99. The molecule has 0 aliphatic heterocycles. The maximum Gasteiger partial charge on any atom is 0.123 e. The summed E-state index contributed by atoms with van der Waals surface area (Å²) in [5.41, 5.74) is 1.93. The van der Waals surface area contributed by atoms with Crippen LogP contribution in [-0.4, -0.2) is 4.98 Å². The van der Waals surface area contributed by atoms with E-state index in [2.05, 4.69) is 27.8 Å². The molecule has 2 atom stereocenters. The van der Waals surface area contributed by atoms with Crippen molar-refractivity contribution < 1.29 is 4.39 Å². The van der Waals surface area contributed by atoms with Crippen LogP contribution < -0.4 is 0 Å². The van der Waals surface area contributed by atoms with Gasteiger partial charge in [0.25, 0.3) is 0 Å². The third kappa shape index (κ3) is 2.91. The van der Waals surface area contributed by atoms with Crippen molar-refractivity contribution >= 4 is 15.9 Å². The number of rotatable bonds is 3. The molecule has 0 bridgehead atoms. The number of halogens is 2. The maximum atomic E-state index is 13.2. The van der Waals surface area contributed by atoms with Crippen molar-refractivity contribution in [3.8, 4) is 0 Å². The first-order valence-corrected chi connectivity index (χ1v) is 6.40. The summed E-state index contributed by atoms with van der Waals surface area (Å²) in [6.07, 6.45) is 1.77. The van der Waals surface area contributed by atoms with Crippen LogP contribution in [0.2, 0.25) is 0 Å². The Kier molecular flexibility index (Phi) is 3.89. The van der Waals surface area contributed by atoms with Gasteiger partial charge < -0.3 is 0 Å². The van der Waals surface area contributed by atoms with Gasteiger partial charge in [0.2, 0.25) is 0 Å². The molecule has 0 N–H and O–H groups in total. The fraction of sp³-hybridized carbons (Fsp3) is 0.214. The zero-order chi connectivity index (χ0) is 12.3. The van der Waals surface area contributed by atoms with Gasteiger partial charge in [-0.3, -0.25) is 4.98 Å². The van der Waals surface area contributed by atoms with Crippen molar-refractivity contribution in [3.63, 3.8) is 0 Å². The minimum atomic E-state index is -0.208. The van der Waals surface area contributed by atoms with Crippen LogP contribution in [0.1, 0.15) is 28.9 Å². The number of hydrogen-bond donors (Lipinski definition) is 0. The highest BCUT2D eigenvalue weighted by Gasteiger charge is 2.19. The van der Waals surface area contributed by atoms with E-state index >= 15 is 0 Å². The Morgan fingerprint density at radius 2 is 2.00 bits per heavy atom. The third-order valence-corrected chi connectivity index (χ3v) is 4.08. The van der Waals surface area contributed by atoms with Gasteiger partial charge in [0.15, 0.2) is 0 Å². The van der Waals surface area contributed by atoms with Crippen molar-refractivity contribution in [1.82, 2.24) is 4.98 Å². The SMILES string of the molecule is CC(c1ccccn1)C(Br)c1cccc(F)c1. The van der Waals surface area contributed by atoms with Crippen molar-refractivity contribution in [1.29, 1.82) is 0 Å². The molecule has 0 aliphatic rings. The second-order valence-electron chi connectivity index (χ2n) is 4.00. The van der Waals surface area contributed by atoms with E-state index in [9.17, 15) is 4.39 Å². The predicted molar refractivity (Wildman–Crippen MR) is 70.7 cm³/mol. The smallest absolute Gasteiger partial charge is 0.123 e. The normalized spacial score (nSPS) is 14.3. The summed E-state index contributed by atoms with van der Waals surface area (Å²) in [6.45, 7) is 2.08. The summed E-state index contributed by atoms with van der Waals surface area (Å²) < 4.78 is 13.2. The van der Waals surface area contributed by atoms with E-state index in [4.69, 9.17) is 0 Å². The summed E-state index contributed by atoms with van der Waals surface area (Å²) in [7, 11) is 0. The molecule has 0 radical (unpaired) electrons. The molecule has 2 unspecified atom stereocenters. The molecular formula is C14H13BrFN. The highest BCUT2D eigenvalue weighted by atomic mass is 79.9. The Morgan fingerprint density at radius 3 is 2.65 bits per heavy atom. The van der Waals surface area contributed by atoms with Crippen molar-refractivity contribution in [3.05, 3.63) is 65.7 Å². The van der Waals surface area contributed by atoms with Gasteiger partial charge in [0.1, 0.15) is 5.82 Å². The molecule has 1 aromatic heterocycles. The van der Waals surface area contributed by atoms with Crippen LogP contribution >= 0.6 is 15.9 Å². The molecule has 0 spiro atoms. The lowest BCUT2D eigenvalue weighted by molar-refractivity contribution is 0.622. The Bertz CT molecular complexity index is 487. The zero-order valence-corrected chi connectivity index (χ0v) is 11.1. The summed E-state index contributed by atoms with van der Waals surface area (Å²) in [5, 5.41) is 0. The molecule has 0 aliphatic carbocycles. The lowest BCUT2D eigenvalue weighted by atomic mass is 9.97. The van der Waals surface area contributed by atoms with Gasteiger partial charge in [-0.05, 0) is 29.8 Å². The number of pyridine rings is 1. The van der Waals surface area contributed by atoms with E-state index in [1.807, 2.05) is 24.3 Å². The molecule has 88 valence electrons. The predicted octanol–water partition coefficient (Wildman–Crippen LogP) is 4.46. The summed E-state index contributed by atoms with van der Waals surface area (Å²) >= 11 is 3.62. The minimum absolute atomic E-state index is 0.0631. The molecule has 2 aromatic rings. The van der Waals surface area contributed by atoms with Crippen LogP contribution in [0.25, 0.3) is 0 Å². The topological polar surface area (TPSA) is 12.9 Å². The van der Waals surface area contributed by atoms with Crippen molar-refractivity contribution in [2.24, 2.45) is 0 Å². The molecule has 0 amide bonds. The van der Waals surface area contributed by atoms with E-state index in [1.165, 1.54) is 6.07 Å². The van der Waals surface area contributed by atoms with Crippen LogP contribution in [0, 0.1) is 5.82 Å². The Hall–Kier alpha value is -1.22. The third-order valence-electron chi connectivity index (χ3n) is 2.76. The lowest BCUT2D eigenvalue weighted by Gasteiger charge is -2.18. The fourth-order valence-electron chi connectivity index (χ4n) is 1.76. The molecule has 3 heteroatoms. The molecule has 0 saturated carbocycles. The van der Waals surface area contributed by atoms with Crippen LogP contribution in [0.3, 0.4) is 0 Å². The van der Waals surface area contributed by atoms with Gasteiger partial charge in [-0.15, -0.1) is 0 Å². The van der Waals surface area contributed by atoms with E-state index in [0.717, 1.165) is 11.3 Å². The van der Waals surface area contributed by atoms with Gasteiger partial charge in [-0.1, -0.05) is 41.1 Å². The molecule has 17 heavy (non-hydrogen) atoms. The van der Waals surface area contributed by atoms with Crippen LogP contribution in [0.5, 0.6) is 0 Å². The van der Waals surface area contributed by atoms with Gasteiger partial charge in [-0.25, -0.2) is 4.39 Å². The number of nitrogens with zero attached hydrogens (tertiary/aromatic N) is 1. The second kappa shape index (κ2) is 5.41. The average Bonchev–Trinajstić information content (AvgIpc) is 2.38. The number of aromatic nitrogens is 1. The maximum absolute atomic E-state index is 13.2. The van der Waals surface area contributed by atoms with Crippen LogP contribution in [0.15, 0.2) is 48.7 Å². The Morgan fingerprint density at radius 1 is 1.18 bits per heavy atom.